The number of anilines is 1. The van der Waals surface area contributed by atoms with Gasteiger partial charge in [0.25, 0.3) is 0 Å². The van der Waals surface area contributed by atoms with Crippen LogP contribution in [0.4, 0.5) is 5.69 Å². The average molecular weight is 525 g/mol. The van der Waals surface area contributed by atoms with Crippen LogP contribution in [-0.2, 0) is 49.3 Å². The summed E-state index contributed by atoms with van der Waals surface area (Å²) in [7, 11) is 0. The van der Waals surface area contributed by atoms with Crippen molar-refractivity contribution in [2.75, 3.05) is 11.9 Å². The molecule has 2 N–H and O–H groups in total. The fourth-order valence-electron chi connectivity index (χ4n) is 3.82. The predicted molar refractivity (Wildman–Crippen MR) is 132 cm³/mol. The van der Waals surface area contributed by atoms with Crippen molar-refractivity contribution in [3.8, 4) is 0 Å². The van der Waals surface area contributed by atoms with Crippen LogP contribution >= 0.6 is 12.2 Å². The molecule has 0 saturated carbocycles. The molecule has 5 atom stereocenters. The lowest BCUT2D eigenvalue weighted by molar-refractivity contribution is -0.269. The van der Waals surface area contributed by atoms with Crippen LogP contribution in [0.2, 0.25) is 0 Å². The number of thiocarbonyl (C=S) groups is 1. The van der Waals surface area contributed by atoms with E-state index < -0.39 is 54.5 Å². The summed E-state index contributed by atoms with van der Waals surface area (Å²) in [6.07, 6.45) is -4.11. The van der Waals surface area contributed by atoms with E-state index in [1.165, 1.54) is 27.7 Å². The minimum absolute atomic E-state index is 0.127. The van der Waals surface area contributed by atoms with Crippen LogP contribution in [0.15, 0.2) is 18.2 Å². The molecule has 36 heavy (non-hydrogen) atoms. The number of ether oxygens (including phenoxy) is 5. The molecule has 1 aromatic rings. The van der Waals surface area contributed by atoms with E-state index in [1.54, 1.807) is 0 Å². The van der Waals surface area contributed by atoms with Crippen LogP contribution in [0, 0.1) is 6.92 Å². The Morgan fingerprint density at radius 1 is 0.944 bits per heavy atom. The monoisotopic (exact) mass is 524 g/mol. The van der Waals surface area contributed by atoms with Gasteiger partial charge in [-0.2, -0.15) is 0 Å². The zero-order valence-corrected chi connectivity index (χ0v) is 21.9. The Balaban J connectivity index is 2.43. The van der Waals surface area contributed by atoms with E-state index in [9.17, 15) is 19.2 Å². The van der Waals surface area contributed by atoms with Gasteiger partial charge in [0.15, 0.2) is 17.3 Å². The third-order valence-electron chi connectivity index (χ3n) is 5.26. The molecule has 1 heterocycles. The van der Waals surface area contributed by atoms with Crippen LogP contribution in [0.25, 0.3) is 0 Å². The molecule has 0 amide bonds. The number of carbonyl (C=O) groups excluding carboxylic acids is 4. The van der Waals surface area contributed by atoms with Gasteiger partial charge in [0.2, 0.25) is 6.29 Å². The second-order valence-corrected chi connectivity index (χ2v) is 8.60. The molecule has 1 fully saturated rings. The Hall–Kier alpha value is -3.25. The molecule has 0 spiro atoms. The maximum absolute atomic E-state index is 12.0. The highest BCUT2D eigenvalue weighted by molar-refractivity contribution is 7.80. The van der Waals surface area contributed by atoms with Gasteiger partial charge in [-0.3, -0.25) is 19.2 Å². The molecule has 198 valence electrons. The fraction of sp³-hybridized carbons (Fsp3) is 0.542. The Labute approximate surface area is 215 Å². The summed E-state index contributed by atoms with van der Waals surface area (Å²) in [5.41, 5.74) is 2.77. The lowest BCUT2D eigenvalue weighted by Gasteiger charge is -2.44. The minimum Gasteiger partial charge on any atom is -0.463 e. The second-order valence-electron chi connectivity index (χ2n) is 8.19. The van der Waals surface area contributed by atoms with Crippen molar-refractivity contribution in [2.24, 2.45) is 0 Å². The second kappa shape index (κ2) is 13.2. The van der Waals surface area contributed by atoms with Gasteiger partial charge in [-0.25, -0.2) is 0 Å². The third kappa shape index (κ3) is 8.16. The summed E-state index contributed by atoms with van der Waals surface area (Å²) in [5.74, 6) is -2.67. The predicted octanol–water partition coefficient (Wildman–Crippen LogP) is 1.93. The summed E-state index contributed by atoms with van der Waals surface area (Å²) in [6.45, 7) is 8.31. The molecule has 11 nitrogen and oxygen atoms in total. The van der Waals surface area contributed by atoms with Crippen molar-refractivity contribution < 1.29 is 42.9 Å². The van der Waals surface area contributed by atoms with Crippen molar-refractivity contribution >= 4 is 46.9 Å². The lowest BCUT2D eigenvalue weighted by atomic mass is 9.96. The molecular weight excluding hydrogens is 492 g/mol. The fourth-order valence-corrected chi connectivity index (χ4v) is 4.06. The molecular formula is C24H32N2O9S. The summed E-state index contributed by atoms with van der Waals surface area (Å²) >= 11 is 5.52. The number of nitrogens with one attached hydrogen (secondary N) is 2. The Bertz CT molecular complexity index is 1000. The van der Waals surface area contributed by atoms with Gasteiger partial charge >= 0.3 is 23.9 Å². The Morgan fingerprint density at radius 2 is 1.56 bits per heavy atom. The number of benzene rings is 1. The first kappa shape index (κ1) is 29.0. The first-order chi connectivity index (χ1) is 16.9. The van der Waals surface area contributed by atoms with E-state index in [0.29, 0.717) is 0 Å². The first-order valence-corrected chi connectivity index (χ1v) is 11.8. The van der Waals surface area contributed by atoms with E-state index in [0.717, 1.165) is 23.2 Å². The van der Waals surface area contributed by atoms with Gasteiger partial charge in [0.1, 0.15) is 18.8 Å². The smallest absolute Gasteiger partial charge is 0.305 e. The van der Waals surface area contributed by atoms with Crippen LogP contribution in [0.5, 0.6) is 0 Å². The highest BCUT2D eigenvalue weighted by Gasteiger charge is 2.52. The number of hydrogen-bond donors (Lipinski definition) is 2. The van der Waals surface area contributed by atoms with Crippen molar-refractivity contribution in [2.45, 2.75) is 78.6 Å². The van der Waals surface area contributed by atoms with Gasteiger partial charge in [-0.15, -0.1) is 0 Å². The van der Waals surface area contributed by atoms with Crippen molar-refractivity contribution in [1.29, 1.82) is 0 Å². The topological polar surface area (TPSA) is 138 Å². The van der Waals surface area contributed by atoms with Gasteiger partial charge in [0.05, 0.1) is 0 Å². The van der Waals surface area contributed by atoms with Crippen molar-refractivity contribution in [3.05, 3.63) is 29.3 Å². The van der Waals surface area contributed by atoms with Gasteiger partial charge in [-0.1, -0.05) is 25.1 Å². The maximum atomic E-state index is 12.0. The first-order valence-electron chi connectivity index (χ1n) is 11.4. The van der Waals surface area contributed by atoms with Crippen LogP contribution in [0.3, 0.4) is 0 Å². The summed E-state index contributed by atoms with van der Waals surface area (Å²) in [5, 5.41) is 6.25. The van der Waals surface area contributed by atoms with E-state index >= 15 is 0 Å². The molecule has 1 aliphatic rings. The molecule has 0 aliphatic carbocycles. The van der Waals surface area contributed by atoms with Crippen LogP contribution < -0.4 is 10.6 Å². The van der Waals surface area contributed by atoms with Gasteiger partial charge in [-0.05, 0) is 36.7 Å². The Morgan fingerprint density at radius 3 is 2.11 bits per heavy atom. The average Bonchev–Trinajstić information content (AvgIpc) is 2.76. The van der Waals surface area contributed by atoms with Crippen LogP contribution in [0.1, 0.15) is 45.7 Å². The number of carbonyl (C=O) groups is 4. The molecule has 12 heteroatoms. The number of esters is 4. The van der Waals surface area contributed by atoms with E-state index in [2.05, 4.69) is 10.6 Å². The minimum atomic E-state index is -1.33. The standard InChI is InChI=1S/C24H32N2O9S/c1-7-17-10-8-9-12(2)19(17)25-24(36)26-20-22(33-15(5)29)21(32-14(4)28)18(11-31-13(3)27)35-23(20)34-16(6)30/h8-10,18,20-23H,7,11H2,1-6H3,(H2,25,26,36)/t18-,20-,21-,22-,23-/m1/s1. The van der Waals surface area contributed by atoms with Gasteiger partial charge < -0.3 is 34.3 Å². The highest BCUT2D eigenvalue weighted by Crippen LogP contribution is 2.28. The molecule has 0 radical (unpaired) electrons. The number of aryl methyl sites for hydroxylation is 2. The molecule has 1 aliphatic heterocycles. The lowest BCUT2D eigenvalue weighted by Crippen LogP contribution is -2.67. The molecule has 0 unspecified atom stereocenters. The largest absolute Gasteiger partial charge is 0.463 e. The summed E-state index contributed by atoms with van der Waals surface area (Å²) in [6, 6.07) is 4.74. The van der Waals surface area contributed by atoms with E-state index in [4.69, 9.17) is 35.9 Å². The molecule has 2 rings (SSSR count). The number of hydrogen-bond acceptors (Lipinski definition) is 10. The zero-order valence-electron chi connectivity index (χ0n) is 21.1. The molecule has 1 saturated heterocycles. The molecule has 0 aromatic heterocycles. The number of para-hydroxylation sites is 1. The van der Waals surface area contributed by atoms with Gasteiger partial charge in [0, 0.05) is 33.4 Å². The van der Waals surface area contributed by atoms with Crippen LogP contribution in [-0.4, -0.2) is 66.2 Å². The Kier molecular flexibility index (Phi) is 10.6. The van der Waals surface area contributed by atoms with E-state index in [-0.39, 0.29) is 11.7 Å². The van der Waals surface area contributed by atoms with Crippen molar-refractivity contribution in [3.63, 3.8) is 0 Å². The summed E-state index contributed by atoms with van der Waals surface area (Å²) < 4.78 is 27.2. The maximum Gasteiger partial charge on any atom is 0.305 e. The van der Waals surface area contributed by atoms with E-state index in [1.807, 2.05) is 32.0 Å². The highest BCUT2D eigenvalue weighted by atomic mass is 32.1. The quantitative estimate of drug-likeness (QED) is 0.292. The normalized spacial score (nSPS) is 23.1. The van der Waals surface area contributed by atoms with Crippen molar-refractivity contribution in [1.82, 2.24) is 5.32 Å². The third-order valence-corrected chi connectivity index (χ3v) is 5.48. The SMILES string of the molecule is CCc1cccc(C)c1NC(=S)N[C@H]1[C@H](OC(C)=O)O[C@H](COC(C)=O)[C@@H](OC(C)=O)[C@@H]1OC(C)=O. The zero-order chi connectivity index (χ0) is 27.0. The molecule has 1 aromatic carbocycles. The number of rotatable bonds is 8. The summed E-state index contributed by atoms with van der Waals surface area (Å²) in [4.78, 5) is 47.2. The molecule has 0 bridgehead atoms.